The van der Waals surface area contributed by atoms with Crippen molar-refractivity contribution in [3.05, 3.63) is 29.8 Å². The smallest absolute Gasteiger partial charge is 0.387 e. The summed E-state index contributed by atoms with van der Waals surface area (Å²) in [5, 5.41) is 1.83. The number of alkyl halides is 2. The Kier molecular flexibility index (Phi) is 3.76. The number of imide groups is 1. The largest absolute Gasteiger partial charge is 0.435 e. The molecule has 3 N–H and O–H groups in total. The predicted molar refractivity (Wildman–Crippen MR) is 50.1 cm³/mol. The fourth-order valence-electron chi connectivity index (χ4n) is 0.972. The Bertz CT molecular complexity index is 392. The zero-order valence-corrected chi connectivity index (χ0v) is 7.94. The molecule has 0 heterocycles. The lowest BCUT2D eigenvalue weighted by Crippen LogP contribution is -2.34. The Balaban J connectivity index is 2.71. The molecule has 0 aliphatic rings. The summed E-state index contributed by atoms with van der Waals surface area (Å²) in [6, 6.07) is 3.84. The van der Waals surface area contributed by atoms with Crippen LogP contribution in [0.15, 0.2) is 24.3 Å². The molecule has 0 spiro atoms. The Morgan fingerprint density at radius 1 is 1.25 bits per heavy atom. The minimum atomic E-state index is -2.93. The van der Waals surface area contributed by atoms with Gasteiger partial charge in [-0.2, -0.15) is 8.78 Å². The van der Waals surface area contributed by atoms with Crippen LogP contribution in [0, 0.1) is 0 Å². The zero-order chi connectivity index (χ0) is 12.1. The van der Waals surface area contributed by atoms with Gasteiger partial charge in [-0.05, 0) is 24.3 Å². The summed E-state index contributed by atoms with van der Waals surface area (Å²) in [4.78, 5) is 21.5. The standard InChI is InChI=1S/C9H8F2N2O3/c10-8(11)16-6-3-1-5(2-4-6)7(14)13-9(12)15/h1-4,8H,(H3,12,13,14,15). The SMILES string of the molecule is NC(=O)NC(=O)c1ccc(OC(F)F)cc1. The first kappa shape index (κ1) is 11.9. The van der Waals surface area contributed by atoms with Crippen LogP contribution in [0.4, 0.5) is 13.6 Å². The fourth-order valence-corrected chi connectivity index (χ4v) is 0.972. The predicted octanol–water partition coefficient (Wildman–Crippen LogP) is 1.10. The monoisotopic (exact) mass is 230 g/mol. The van der Waals surface area contributed by atoms with Crippen molar-refractivity contribution in [2.75, 3.05) is 0 Å². The van der Waals surface area contributed by atoms with Crippen molar-refractivity contribution in [2.24, 2.45) is 5.73 Å². The third-order valence-electron chi connectivity index (χ3n) is 1.58. The lowest BCUT2D eigenvalue weighted by atomic mass is 10.2. The van der Waals surface area contributed by atoms with E-state index >= 15 is 0 Å². The molecule has 5 nitrogen and oxygen atoms in total. The van der Waals surface area contributed by atoms with Crippen molar-refractivity contribution in [3.8, 4) is 5.75 Å². The molecular formula is C9H8F2N2O3. The third kappa shape index (κ3) is 3.52. The van der Waals surface area contributed by atoms with Gasteiger partial charge in [0.05, 0.1) is 0 Å². The van der Waals surface area contributed by atoms with E-state index in [9.17, 15) is 18.4 Å². The maximum absolute atomic E-state index is 11.8. The second kappa shape index (κ2) is 5.06. The number of hydrogen-bond donors (Lipinski definition) is 2. The molecule has 0 aliphatic heterocycles. The lowest BCUT2D eigenvalue weighted by Gasteiger charge is -2.05. The molecule has 3 amide bonds. The van der Waals surface area contributed by atoms with E-state index in [2.05, 4.69) is 4.74 Å². The Hall–Kier alpha value is -2.18. The van der Waals surface area contributed by atoms with Gasteiger partial charge in [0.2, 0.25) is 0 Å². The van der Waals surface area contributed by atoms with E-state index in [0.29, 0.717) is 0 Å². The van der Waals surface area contributed by atoms with Crippen molar-refractivity contribution < 1.29 is 23.1 Å². The number of nitrogens with one attached hydrogen (secondary N) is 1. The molecule has 0 radical (unpaired) electrons. The molecule has 1 aromatic rings. The van der Waals surface area contributed by atoms with Gasteiger partial charge in [0, 0.05) is 5.56 Å². The van der Waals surface area contributed by atoms with Gasteiger partial charge in [0.15, 0.2) is 0 Å². The molecular weight excluding hydrogens is 222 g/mol. The van der Waals surface area contributed by atoms with Crippen LogP contribution < -0.4 is 15.8 Å². The number of primary amides is 1. The topological polar surface area (TPSA) is 81.4 Å². The molecule has 1 aromatic carbocycles. The minimum absolute atomic E-state index is 0.0781. The Morgan fingerprint density at radius 2 is 1.81 bits per heavy atom. The number of halogens is 2. The van der Waals surface area contributed by atoms with Gasteiger partial charge in [0.25, 0.3) is 5.91 Å². The normalized spacial score (nSPS) is 9.94. The lowest BCUT2D eigenvalue weighted by molar-refractivity contribution is -0.0498. The van der Waals surface area contributed by atoms with Crippen LogP contribution in [0.3, 0.4) is 0 Å². The van der Waals surface area contributed by atoms with Crippen LogP contribution in [0.2, 0.25) is 0 Å². The van der Waals surface area contributed by atoms with E-state index in [1.54, 1.807) is 0 Å². The molecule has 0 aliphatic carbocycles. The number of amides is 3. The third-order valence-corrected chi connectivity index (χ3v) is 1.58. The van der Waals surface area contributed by atoms with Gasteiger partial charge in [-0.25, -0.2) is 4.79 Å². The van der Waals surface area contributed by atoms with Gasteiger partial charge in [-0.15, -0.1) is 0 Å². The molecule has 0 saturated carbocycles. The Morgan fingerprint density at radius 3 is 2.25 bits per heavy atom. The first-order valence-electron chi connectivity index (χ1n) is 4.14. The number of ether oxygens (including phenoxy) is 1. The number of carbonyl (C=O) groups is 2. The van der Waals surface area contributed by atoms with Gasteiger partial charge in [-0.1, -0.05) is 0 Å². The van der Waals surface area contributed by atoms with Crippen molar-refractivity contribution >= 4 is 11.9 Å². The highest BCUT2D eigenvalue weighted by Crippen LogP contribution is 2.14. The number of hydrogen-bond acceptors (Lipinski definition) is 3. The van der Waals surface area contributed by atoms with Crippen LogP contribution in [-0.4, -0.2) is 18.5 Å². The van der Waals surface area contributed by atoms with E-state index < -0.39 is 18.5 Å². The number of benzene rings is 1. The second-order valence-electron chi connectivity index (χ2n) is 2.72. The molecule has 7 heteroatoms. The quantitative estimate of drug-likeness (QED) is 0.815. The zero-order valence-electron chi connectivity index (χ0n) is 7.94. The molecule has 0 unspecified atom stereocenters. The van der Waals surface area contributed by atoms with E-state index in [-0.39, 0.29) is 11.3 Å². The molecule has 0 atom stereocenters. The first-order chi connectivity index (χ1) is 7.49. The molecule has 0 saturated heterocycles. The molecule has 0 bridgehead atoms. The summed E-state index contributed by atoms with van der Waals surface area (Å²) in [6.45, 7) is -2.93. The van der Waals surface area contributed by atoms with Crippen molar-refractivity contribution in [3.63, 3.8) is 0 Å². The highest BCUT2D eigenvalue weighted by molar-refractivity contribution is 6.03. The fraction of sp³-hybridized carbons (Fsp3) is 0.111. The molecule has 16 heavy (non-hydrogen) atoms. The average Bonchev–Trinajstić information content (AvgIpc) is 2.16. The number of carbonyl (C=O) groups excluding carboxylic acids is 2. The summed E-state index contributed by atoms with van der Waals surface area (Å²) < 4.78 is 27.7. The molecule has 1 rings (SSSR count). The highest BCUT2D eigenvalue weighted by atomic mass is 19.3. The summed E-state index contributed by atoms with van der Waals surface area (Å²) >= 11 is 0. The number of nitrogens with two attached hydrogens (primary N) is 1. The van der Waals surface area contributed by atoms with E-state index in [1.807, 2.05) is 5.32 Å². The summed E-state index contributed by atoms with van der Waals surface area (Å²) in [6.07, 6.45) is 0. The minimum Gasteiger partial charge on any atom is -0.435 e. The Labute approximate surface area is 89.2 Å². The first-order valence-corrected chi connectivity index (χ1v) is 4.14. The summed E-state index contributed by atoms with van der Waals surface area (Å²) in [5.41, 5.74) is 4.84. The van der Waals surface area contributed by atoms with Crippen LogP contribution in [0.5, 0.6) is 5.75 Å². The van der Waals surface area contributed by atoms with E-state index in [4.69, 9.17) is 5.73 Å². The van der Waals surface area contributed by atoms with Crippen LogP contribution >= 0.6 is 0 Å². The van der Waals surface area contributed by atoms with E-state index in [0.717, 1.165) is 0 Å². The van der Waals surface area contributed by atoms with Gasteiger partial charge >= 0.3 is 12.6 Å². The number of urea groups is 1. The van der Waals surface area contributed by atoms with Crippen molar-refractivity contribution in [1.82, 2.24) is 5.32 Å². The van der Waals surface area contributed by atoms with Gasteiger partial charge in [-0.3, -0.25) is 10.1 Å². The average molecular weight is 230 g/mol. The van der Waals surface area contributed by atoms with Gasteiger partial charge in [0.1, 0.15) is 5.75 Å². The van der Waals surface area contributed by atoms with Crippen LogP contribution in [0.25, 0.3) is 0 Å². The summed E-state index contributed by atoms with van der Waals surface area (Å²) in [7, 11) is 0. The maximum Gasteiger partial charge on any atom is 0.387 e. The van der Waals surface area contributed by atoms with Crippen LogP contribution in [0.1, 0.15) is 10.4 Å². The van der Waals surface area contributed by atoms with E-state index in [1.165, 1.54) is 24.3 Å². The molecule has 86 valence electrons. The number of rotatable bonds is 3. The molecule has 0 fully saturated rings. The van der Waals surface area contributed by atoms with Crippen molar-refractivity contribution in [2.45, 2.75) is 6.61 Å². The second-order valence-corrected chi connectivity index (χ2v) is 2.72. The summed E-state index contributed by atoms with van der Waals surface area (Å²) in [5.74, 6) is -0.790. The maximum atomic E-state index is 11.8. The molecule has 0 aromatic heterocycles. The van der Waals surface area contributed by atoms with Gasteiger partial charge < -0.3 is 10.5 Å². The highest BCUT2D eigenvalue weighted by Gasteiger charge is 2.09. The van der Waals surface area contributed by atoms with Crippen molar-refractivity contribution in [1.29, 1.82) is 0 Å². The van der Waals surface area contributed by atoms with Crippen LogP contribution in [-0.2, 0) is 0 Å².